The third-order valence-corrected chi connectivity index (χ3v) is 3.86. The topological polar surface area (TPSA) is 78.5 Å². The van der Waals surface area contributed by atoms with Crippen LogP contribution in [0.4, 0.5) is 18.0 Å². The Kier molecular flexibility index (Phi) is 4.78. The first-order valence-corrected chi connectivity index (χ1v) is 7.87. The number of alkyl halides is 3. The Morgan fingerprint density at radius 3 is 2.38 bits per heavy atom. The first kappa shape index (κ1) is 19.7. The Morgan fingerprint density at radius 1 is 1.23 bits per heavy atom. The minimum Gasteiger partial charge on any atom is -0.350 e. The Hall–Kier alpha value is -2.58. The van der Waals surface area contributed by atoms with Crippen LogP contribution in [-0.4, -0.2) is 34.8 Å². The van der Waals surface area contributed by atoms with Crippen molar-refractivity contribution in [3.8, 4) is 0 Å². The molecule has 0 unspecified atom stereocenters. The van der Waals surface area contributed by atoms with Gasteiger partial charge in [0.2, 0.25) is 5.91 Å². The Bertz CT molecular complexity index is 756. The summed E-state index contributed by atoms with van der Waals surface area (Å²) in [6, 6.07) is 3.35. The molecule has 0 aliphatic carbocycles. The molecule has 9 heteroatoms. The maximum atomic E-state index is 12.9. The monoisotopic (exact) mass is 371 g/mol. The average molecular weight is 371 g/mol. The van der Waals surface area contributed by atoms with Gasteiger partial charge in [-0.1, -0.05) is 12.1 Å². The second-order valence-electron chi connectivity index (χ2n) is 7.32. The standard InChI is InChI=1S/C17H20F3N3O3/c1-15(2,3)21-12(24)9-23-13(25)16(4,22-14(23)26)10-6-5-7-11(8-10)17(18,19)20/h5-8H,9H2,1-4H3,(H,21,24)(H,22,26)/t16-/m1/s1. The number of nitrogens with zero attached hydrogens (tertiary/aromatic N) is 1. The SMILES string of the molecule is CC(C)(C)NC(=O)CN1C(=O)N[C@](C)(c2cccc(C(F)(F)F)c2)C1=O. The molecule has 1 aliphatic rings. The molecule has 4 amide bonds. The molecule has 0 bridgehead atoms. The van der Waals surface area contributed by atoms with Gasteiger partial charge < -0.3 is 10.6 Å². The molecule has 2 N–H and O–H groups in total. The van der Waals surface area contributed by atoms with Crippen molar-refractivity contribution in [3.63, 3.8) is 0 Å². The summed E-state index contributed by atoms with van der Waals surface area (Å²) in [7, 11) is 0. The molecule has 26 heavy (non-hydrogen) atoms. The number of carbonyl (C=O) groups is 3. The van der Waals surface area contributed by atoms with Gasteiger partial charge in [-0.15, -0.1) is 0 Å². The number of imide groups is 1. The molecule has 1 aromatic rings. The highest BCUT2D eigenvalue weighted by Gasteiger charge is 2.50. The number of hydrogen-bond acceptors (Lipinski definition) is 3. The van der Waals surface area contributed by atoms with Gasteiger partial charge in [-0.3, -0.25) is 14.5 Å². The van der Waals surface area contributed by atoms with Crippen molar-refractivity contribution in [2.75, 3.05) is 6.54 Å². The molecule has 142 valence electrons. The van der Waals surface area contributed by atoms with E-state index < -0.39 is 47.2 Å². The largest absolute Gasteiger partial charge is 0.416 e. The maximum absolute atomic E-state index is 12.9. The third-order valence-electron chi connectivity index (χ3n) is 3.86. The second kappa shape index (κ2) is 6.30. The molecule has 2 rings (SSSR count). The number of carbonyl (C=O) groups excluding carboxylic acids is 3. The lowest BCUT2D eigenvalue weighted by Crippen LogP contribution is -2.48. The molecule has 0 aromatic heterocycles. The molecule has 6 nitrogen and oxygen atoms in total. The summed E-state index contributed by atoms with van der Waals surface area (Å²) in [5.74, 6) is -1.33. The van der Waals surface area contributed by atoms with Gasteiger partial charge in [0.25, 0.3) is 5.91 Å². The number of rotatable bonds is 3. The van der Waals surface area contributed by atoms with Crippen molar-refractivity contribution >= 4 is 17.8 Å². The first-order valence-electron chi connectivity index (χ1n) is 7.87. The Morgan fingerprint density at radius 2 is 1.85 bits per heavy atom. The predicted molar refractivity (Wildman–Crippen MR) is 86.9 cm³/mol. The molecule has 0 spiro atoms. The fraction of sp³-hybridized carbons (Fsp3) is 0.471. The quantitative estimate of drug-likeness (QED) is 0.801. The van der Waals surface area contributed by atoms with Crippen molar-refractivity contribution < 1.29 is 27.6 Å². The minimum absolute atomic E-state index is 0.00981. The number of amides is 4. The maximum Gasteiger partial charge on any atom is 0.416 e. The molecule has 1 saturated heterocycles. The van der Waals surface area contributed by atoms with Gasteiger partial charge in [-0.25, -0.2) is 4.79 Å². The van der Waals surface area contributed by atoms with Crippen LogP contribution < -0.4 is 10.6 Å². The van der Waals surface area contributed by atoms with E-state index in [2.05, 4.69) is 10.6 Å². The van der Waals surface area contributed by atoms with E-state index in [4.69, 9.17) is 0 Å². The van der Waals surface area contributed by atoms with E-state index >= 15 is 0 Å². The molecule has 1 aromatic carbocycles. The summed E-state index contributed by atoms with van der Waals surface area (Å²) in [6.07, 6.45) is -4.58. The Labute approximate surface area is 148 Å². The predicted octanol–water partition coefficient (Wildman–Crippen LogP) is 2.39. The summed E-state index contributed by atoms with van der Waals surface area (Å²) < 4.78 is 38.8. The Balaban J connectivity index is 2.28. The van der Waals surface area contributed by atoms with E-state index in [1.165, 1.54) is 13.0 Å². The van der Waals surface area contributed by atoms with Gasteiger partial charge in [0.15, 0.2) is 0 Å². The highest BCUT2D eigenvalue weighted by Crippen LogP contribution is 2.34. The van der Waals surface area contributed by atoms with Crippen molar-refractivity contribution in [2.24, 2.45) is 0 Å². The summed E-state index contributed by atoms with van der Waals surface area (Å²) in [5.41, 5.74) is -3.17. The molecule has 1 fully saturated rings. The van der Waals surface area contributed by atoms with Crippen LogP contribution in [0.15, 0.2) is 24.3 Å². The van der Waals surface area contributed by atoms with Gasteiger partial charge >= 0.3 is 12.2 Å². The zero-order chi connectivity index (χ0) is 19.9. The van der Waals surface area contributed by atoms with Crippen molar-refractivity contribution in [1.29, 1.82) is 0 Å². The molecule has 0 saturated carbocycles. The lowest BCUT2D eigenvalue weighted by atomic mass is 9.90. The van der Waals surface area contributed by atoms with Crippen LogP contribution in [-0.2, 0) is 21.3 Å². The van der Waals surface area contributed by atoms with Gasteiger partial charge in [-0.2, -0.15) is 13.2 Å². The van der Waals surface area contributed by atoms with Crippen LogP contribution >= 0.6 is 0 Å². The normalized spacial score (nSPS) is 21.0. The van der Waals surface area contributed by atoms with Crippen LogP contribution in [0.5, 0.6) is 0 Å². The van der Waals surface area contributed by atoms with E-state index in [0.29, 0.717) is 4.90 Å². The fourth-order valence-corrected chi connectivity index (χ4v) is 2.64. The highest BCUT2D eigenvalue weighted by molar-refractivity contribution is 6.09. The smallest absolute Gasteiger partial charge is 0.350 e. The molecule has 0 radical (unpaired) electrons. The van der Waals surface area contributed by atoms with Crippen LogP contribution in [0.25, 0.3) is 0 Å². The number of halogens is 3. The highest BCUT2D eigenvalue weighted by atomic mass is 19.4. The zero-order valence-electron chi connectivity index (χ0n) is 14.8. The van der Waals surface area contributed by atoms with Gasteiger partial charge in [0.05, 0.1) is 5.56 Å². The van der Waals surface area contributed by atoms with Gasteiger partial charge in [0.1, 0.15) is 12.1 Å². The van der Waals surface area contributed by atoms with Crippen molar-refractivity contribution in [1.82, 2.24) is 15.5 Å². The summed E-state index contributed by atoms with van der Waals surface area (Å²) in [6.45, 7) is 6.01. The third kappa shape index (κ3) is 3.97. The van der Waals surface area contributed by atoms with Crippen molar-refractivity contribution in [3.05, 3.63) is 35.4 Å². The lowest BCUT2D eigenvalue weighted by Gasteiger charge is -2.24. The van der Waals surface area contributed by atoms with Gasteiger partial charge in [0, 0.05) is 5.54 Å². The molecule has 1 heterocycles. The van der Waals surface area contributed by atoms with Crippen LogP contribution in [0.1, 0.15) is 38.8 Å². The lowest BCUT2D eigenvalue weighted by molar-refractivity contribution is -0.138. The number of benzene rings is 1. The number of urea groups is 1. The van der Waals surface area contributed by atoms with E-state index in [9.17, 15) is 27.6 Å². The molecule has 1 aliphatic heterocycles. The number of hydrogen-bond donors (Lipinski definition) is 2. The fourth-order valence-electron chi connectivity index (χ4n) is 2.64. The molecule has 1 atom stereocenters. The minimum atomic E-state index is -4.58. The van der Waals surface area contributed by atoms with E-state index in [1.807, 2.05) is 0 Å². The summed E-state index contributed by atoms with van der Waals surface area (Å²) >= 11 is 0. The second-order valence-corrected chi connectivity index (χ2v) is 7.32. The van der Waals surface area contributed by atoms with E-state index in [1.54, 1.807) is 20.8 Å². The molecular formula is C17H20F3N3O3. The summed E-state index contributed by atoms with van der Waals surface area (Å²) in [5, 5.41) is 5.01. The number of nitrogens with one attached hydrogen (secondary N) is 2. The van der Waals surface area contributed by atoms with Crippen LogP contribution in [0.3, 0.4) is 0 Å². The molecular weight excluding hydrogens is 351 g/mol. The van der Waals surface area contributed by atoms with E-state index in [-0.39, 0.29) is 5.56 Å². The van der Waals surface area contributed by atoms with Crippen LogP contribution in [0.2, 0.25) is 0 Å². The van der Waals surface area contributed by atoms with Crippen LogP contribution in [0, 0.1) is 0 Å². The zero-order valence-corrected chi connectivity index (χ0v) is 14.8. The van der Waals surface area contributed by atoms with Gasteiger partial charge in [-0.05, 0) is 45.4 Å². The first-order chi connectivity index (χ1) is 11.7. The summed E-state index contributed by atoms with van der Waals surface area (Å²) in [4.78, 5) is 37.5. The van der Waals surface area contributed by atoms with E-state index in [0.717, 1.165) is 18.2 Å². The average Bonchev–Trinajstić information content (AvgIpc) is 2.69. The van der Waals surface area contributed by atoms with Crippen molar-refractivity contribution in [2.45, 2.75) is 44.9 Å².